The number of hydrogen-bond donors (Lipinski definition) is 1. The van der Waals surface area contributed by atoms with E-state index in [0.29, 0.717) is 30.3 Å². The molecule has 1 aromatic carbocycles. The number of nitrogens with one attached hydrogen (secondary N) is 1. The van der Waals surface area contributed by atoms with Crippen molar-refractivity contribution in [3.05, 3.63) is 18.2 Å². The van der Waals surface area contributed by atoms with Crippen LogP contribution in [0.2, 0.25) is 0 Å². The fraction of sp³-hybridized carbons (Fsp3) is 0.438. The number of nitrogens with zero attached hydrogens (tertiary/aromatic N) is 2. The van der Waals surface area contributed by atoms with Crippen molar-refractivity contribution in [2.45, 2.75) is 6.04 Å². The number of carbonyl (C=O) groups excluding carboxylic acids is 3. The monoisotopic (exact) mass is 347 g/mol. The average molecular weight is 347 g/mol. The van der Waals surface area contributed by atoms with E-state index in [-0.39, 0.29) is 44.2 Å². The number of benzene rings is 1. The van der Waals surface area contributed by atoms with Gasteiger partial charge in [-0.1, -0.05) is 0 Å². The van der Waals surface area contributed by atoms with Crippen LogP contribution in [0.1, 0.15) is 0 Å². The Balaban J connectivity index is 1.35. The minimum atomic E-state index is -0.621. The second kappa shape index (κ2) is 6.15. The van der Waals surface area contributed by atoms with E-state index in [2.05, 4.69) is 5.32 Å². The summed E-state index contributed by atoms with van der Waals surface area (Å²) in [5, 5.41) is 2.55. The third kappa shape index (κ3) is 2.92. The molecule has 0 aromatic heterocycles. The fourth-order valence-corrected chi connectivity index (χ4v) is 3.12. The Bertz CT molecular complexity index is 737. The lowest BCUT2D eigenvalue weighted by atomic mass is 10.1. The highest BCUT2D eigenvalue weighted by Gasteiger charge is 2.39. The van der Waals surface area contributed by atoms with Gasteiger partial charge in [0.15, 0.2) is 18.1 Å². The molecule has 0 bridgehead atoms. The first-order chi connectivity index (χ1) is 12.1. The molecule has 25 heavy (non-hydrogen) atoms. The molecule has 1 unspecified atom stereocenters. The number of ether oxygens (including phenoxy) is 3. The van der Waals surface area contributed by atoms with Gasteiger partial charge in [-0.15, -0.1) is 0 Å². The number of fused-ring (bicyclic) bond motifs is 2. The predicted octanol–water partition coefficient (Wildman–Crippen LogP) is -1.04. The highest BCUT2D eigenvalue weighted by Crippen LogP contribution is 2.35. The molecule has 0 radical (unpaired) electrons. The molecule has 4 rings (SSSR count). The zero-order valence-corrected chi connectivity index (χ0v) is 13.4. The second-order valence-electron chi connectivity index (χ2n) is 5.96. The van der Waals surface area contributed by atoms with Crippen molar-refractivity contribution in [2.75, 3.05) is 39.6 Å². The van der Waals surface area contributed by atoms with Gasteiger partial charge in [0.25, 0.3) is 5.91 Å². The van der Waals surface area contributed by atoms with Gasteiger partial charge >= 0.3 is 0 Å². The molecule has 132 valence electrons. The van der Waals surface area contributed by atoms with Crippen molar-refractivity contribution < 1.29 is 28.6 Å². The largest absolute Gasteiger partial charge is 0.484 e. The molecule has 1 atom stereocenters. The van der Waals surface area contributed by atoms with E-state index in [1.165, 1.54) is 4.90 Å². The van der Waals surface area contributed by atoms with Crippen LogP contribution in [0.4, 0.5) is 0 Å². The minimum absolute atomic E-state index is 0.0243. The molecular formula is C16H17N3O6. The molecule has 2 fully saturated rings. The average Bonchev–Trinajstić information content (AvgIpc) is 3.10. The van der Waals surface area contributed by atoms with Gasteiger partial charge in [0.2, 0.25) is 18.6 Å². The number of rotatable bonds is 3. The molecule has 3 amide bonds. The molecule has 9 nitrogen and oxygen atoms in total. The summed E-state index contributed by atoms with van der Waals surface area (Å²) in [4.78, 5) is 39.2. The van der Waals surface area contributed by atoms with Crippen molar-refractivity contribution in [1.29, 1.82) is 0 Å². The summed E-state index contributed by atoms with van der Waals surface area (Å²) < 4.78 is 16.0. The van der Waals surface area contributed by atoms with Gasteiger partial charge in [0.1, 0.15) is 11.8 Å². The summed E-state index contributed by atoms with van der Waals surface area (Å²) in [5.41, 5.74) is 0. The lowest BCUT2D eigenvalue weighted by Gasteiger charge is -2.42. The minimum Gasteiger partial charge on any atom is -0.484 e. The Hall–Kier alpha value is -2.97. The van der Waals surface area contributed by atoms with Crippen LogP contribution in [0.25, 0.3) is 0 Å². The van der Waals surface area contributed by atoms with Crippen LogP contribution in [0.3, 0.4) is 0 Å². The zero-order chi connectivity index (χ0) is 17.4. The van der Waals surface area contributed by atoms with Crippen LogP contribution in [0.5, 0.6) is 17.2 Å². The lowest BCUT2D eigenvalue weighted by molar-refractivity contribution is -0.153. The first-order valence-electron chi connectivity index (χ1n) is 7.99. The molecule has 1 aromatic rings. The van der Waals surface area contributed by atoms with Crippen LogP contribution >= 0.6 is 0 Å². The number of amides is 3. The summed E-state index contributed by atoms with van der Waals surface area (Å²) in [6.45, 7) is 0.967. The van der Waals surface area contributed by atoms with E-state index in [4.69, 9.17) is 14.2 Å². The van der Waals surface area contributed by atoms with Gasteiger partial charge < -0.3 is 29.3 Å². The summed E-state index contributed by atoms with van der Waals surface area (Å²) in [7, 11) is 0. The Morgan fingerprint density at radius 1 is 1.24 bits per heavy atom. The predicted molar refractivity (Wildman–Crippen MR) is 83.2 cm³/mol. The van der Waals surface area contributed by atoms with Crippen molar-refractivity contribution in [3.63, 3.8) is 0 Å². The van der Waals surface area contributed by atoms with Crippen LogP contribution in [-0.2, 0) is 14.4 Å². The maximum Gasteiger partial charge on any atom is 0.260 e. The summed E-state index contributed by atoms with van der Waals surface area (Å²) >= 11 is 0. The van der Waals surface area contributed by atoms with E-state index >= 15 is 0 Å². The van der Waals surface area contributed by atoms with Gasteiger partial charge in [-0.2, -0.15) is 0 Å². The number of hydrogen-bond acceptors (Lipinski definition) is 6. The van der Waals surface area contributed by atoms with Gasteiger partial charge in [-0.25, -0.2) is 0 Å². The number of piperazine rings is 2. The van der Waals surface area contributed by atoms with Crippen molar-refractivity contribution >= 4 is 17.7 Å². The smallest absolute Gasteiger partial charge is 0.260 e. The van der Waals surface area contributed by atoms with E-state index < -0.39 is 6.04 Å². The maximum absolute atomic E-state index is 12.4. The van der Waals surface area contributed by atoms with Crippen molar-refractivity contribution in [3.8, 4) is 17.2 Å². The third-order valence-electron chi connectivity index (χ3n) is 4.48. The summed E-state index contributed by atoms with van der Waals surface area (Å²) in [6, 6.07) is 4.47. The highest BCUT2D eigenvalue weighted by atomic mass is 16.7. The van der Waals surface area contributed by atoms with Gasteiger partial charge in [0, 0.05) is 19.2 Å². The van der Waals surface area contributed by atoms with Gasteiger partial charge in [0.05, 0.1) is 13.1 Å². The van der Waals surface area contributed by atoms with Crippen LogP contribution in [-0.4, -0.2) is 73.1 Å². The molecule has 3 aliphatic heterocycles. The topological polar surface area (TPSA) is 97.4 Å². The lowest BCUT2D eigenvalue weighted by Crippen LogP contribution is -2.66. The van der Waals surface area contributed by atoms with Crippen LogP contribution in [0.15, 0.2) is 18.2 Å². The highest BCUT2D eigenvalue weighted by molar-refractivity contribution is 5.95. The molecule has 0 aliphatic carbocycles. The second-order valence-corrected chi connectivity index (χ2v) is 5.96. The summed E-state index contributed by atoms with van der Waals surface area (Å²) in [6.07, 6.45) is 0. The summed E-state index contributed by atoms with van der Waals surface area (Å²) in [5.74, 6) is 1.14. The molecule has 0 spiro atoms. The zero-order valence-electron chi connectivity index (χ0n) is 13.4. The van der Waals surface area contributed by atoms with Crippen LogP contribution in [0, 0.1) is 0 Å². The fourth-order valence-electron chi connectivity index (χ4n) is 3.12. The molecule has 3 aliphatic rings. The molecular weight excluding hydrogens is 330 g/mol. The first-order valence-corrected chi connectivity index (χ1v) is 7.99. The number of carbonyl (C=O) groups is 3. The van der Waals surface area contributed by atoms with Crippen molar-refractivity contribution in [2.24, 2.45) is 0 Å². The van der Waals surface area contributed by atoms with E-state index in [9.17, 15) is 14.4 Å². The van der Waals surface area contributed by atoms with E-state index in [1.54, 1.807) is 23.1 Å². The third-order valence-corrected chi connectivity index (χ3v) is 4.48. The van der Waals surface area contributed by atoms with E-state index in [0.717, 1.165) is 0 Å². The Kier molecular flexibility index (Phi) is 3.83. The molecule has 2 saturated heterocycles. The first kappa shape index (κ1) is 15.6. The van der Waals surface area contributed by atoms with Gasteiger partial charge in [-0.05, 0) is 12.1 Å². The standard InChI is InChI=1S/C16H17N3O6/c20-14-6-17-16(22)11-7-18(3-4-19(11)14)15(21)8-23-10-1-2-12-13(5-10)25-9-24-12/h1-2,5,11H,3-4,6-9H2,(H,17,22). The molecule has 9 heteroatoms. The maximum atomic E-state index is 12.4. The Morgan fingerprint density at radius 2 is 2.08 bits per heavy atom. The molecule has 0 saturated carbocycles. The Labute approximate surface area is 143 Å². The normalized spacial score (nSPS) is 21.7. The quantitative estimate of drug-likeness (QED) is 0.750. The SMILES string of the molecule is O=C1NCC(=O)N2CCN(C(=O)COc3ccc4c(c3)OCO4)CC12. The van der Waals surface area contributed by atoms with Crippen LogP contribution < -0.4 is 19.5 Å². The van der Waals surface area contributed by atoms with Crippen molar-refractivity contribution in [1.82, 2.24) is 15.1 Å². The Morgan fingerprint density at radius 3 is 2.96 bits per heavy atom. The van der Waals surface area contributed by atoms with E-state index in [1.807, 2.05) is 0 Å². The molecule has 1 N–H and O–H groups in total. The molecule has 3 heterocycles. The van der Waals surface area contributed by atoms with Gasteiger partial charge in [-0.3, -0.25) is 14.4 Å².